The van der Waals surface area contributed by atoms with Crippen LogP contribution in [0.1, 0.15) is 4.88 Å². The molecule has 0 fully saturated rings. The van der Waals surface area contributed by atoms with Crippen LogP contribution in [0.15, 0.2) is 12.1 Å². The van der Waals surface area contributed by atoms with Crippen molar-refractivity contribution in [1.29, 1.82) is 0 Å². The number of thiophene rings is 2. The van der Waals surface area contributed by atoms with Gasteiger partial charge in [0.25, 0.3) is 0 Å². The number of fused-ring (bicyclic) bond motifs is 3. The Hall–Kier alpha value is 0.160. The monoisotopic (exact) mass is 354 g/mol. The minimum absolute atomic E-state index is 1.15. The molecule has 0 aliphatic carbocycles. The molecule has 0 N–H and O–H groups in total. The summed E-state index contributed by atoms with van der Waals surface area (Å²) >= 11 is 2.19. The zero-order valence-corrected chi connectivity index (χ0v) is 16.7. The zero-order chi connectivity index (χ0) is 13.3. The average Bonchev–Trinajstić information content (AvgIpc) is 2.82. The Kier molecular flexibility index (Phi) is 2.81. The fourth-order valence-corrected chi connectivity index (χ4v) is 16.9. The summed E-state index contributed by atoms with van der Waals surface area (Å²) in [6, 6.07) is 5.06. The second-order valence-electron chi connectivity index (χ2n) is 6.83. The third-order valence-corrected chi connectivity index (χ3v) is 17.9. The van der Waals surface area contributed by atoms with Crippen LogP contribution in [-0.4, -0.2) is 21.3 Å². The average molecular weight is 353 g/mol. The second-order valence-corrected chi connectivity index (χ2v) is 23.6. The SMILES string of the molecule is Cc1c[c]2c(s1)-c1sc([Si](C)(C)C)c[c]1[Ge]2([CH3])[CH3]. The van der Waals surface area contributed by atoms with Crippen LogP contribution in [0.5, 0.6) is 0 Å². The van der Waals surface area contributed by atoms with Gasteiger partial charge in [-0.1, -0.05) is 0 Å². The Bertz CT molecular complexity index is 629. The van der Waals surface area contributed by atoms with Gasteiger partial charge in [-0.15, -0.1) is 0 Å². The van der Waals surface area contributed by atoms with Gasteiger partial charge in [-0.25, -0.2) is 0 Å². The van der Waals surface area contributed by atoms with E-state index in [2.05, 4.69) is 61.5 Å². The van der Waals surface area contributed by atoms with E-state index < -0.39 is 21.3 Å². The molecule has 0 spiro atoms. The van der Waals surface area contributed by atoms with Crippen molar-refractivity contribution in [3.63, 3.8) is 0 Å². The topological polar surface area (TPSA) is 0 Å². The maximum atomic E-state index is 2.59. The first-order chi connectivity index (χ1) is 8.21. The summed E-state index contributed by atoms with van der Waals surface area (Å²) in [4.78, 5) is 4.76. The van der Waals surface area contributed by atoms with Crippen LogP contribution < -0.4 is 13.3 Å². The molecule has 0 atom stereocenters. The van der Waals surface area contributed by atoms with Crippen LogP contribution >= 0.6 is 22.7 Å². The van der Waals surface area contributed by atoms with Crippen molar-refractivity contribution >= 4 is 57.3 Å². The molecule has 4 heteroatoms. The fraction of sp³-hybridized carbons (Fsp3) is 0.429. The van der Waals surface area contributed by atoms with Gasteiger partial charge in [0.15, 0.2) is 0 Å². The van der Waals surface area contributed by atoms with Crippen LogP contribution in [0.3, 0.4) is 0 Å². The van der Waals surface area contributed by atoms with Crippen molar-refractivity contribution in [2.75, 3.05) is 0 Å². The molecule has 0 amide bonds. The Morgan fingerprint density at radius 2 is 1.50 bits per heavy atom. The molecule has 1 aliphatic heterocycles. The summed E-state index contributed by atoms with van der Waals surface area (Å²) < 4.78 is 5.20. The van der Waals surface area contributed by atoms with Crippen molar-refractivity contribution < 1.29 is 0 Å². The van der Waals surface area contributed by atoms with Crippen LogP contribution in [0, 0.1) is 6.92 Å². The van der Waals surface area contributed by atoms with E-state index in [1.807, 2.05) is 11.3 Å². The molecule has 0 aromatic carbocycles. The molecule has 2 aromatic rings. The first-order valence-corrected chi connectivity index (χ1v) is 17.9. The van der Waals surface area contributed by atoms with E-state index in [9.17, 15) is 0 Å². The van der Waals surface area contributed by atoms with Gasteiger partial charge in [0.2, 0.25) is 0 Å². The van der Waals surface area contributed by atoms with E-state index in [1.54, 1.807) is 23.0 Å². The molecule has 0 nitrogen and oxygen atoms in total. The Morgan fingerprint density at radius 3 is 2.11 bits per heavy atom. The van der Waals surface area contributed by atoms with Crippen LogP contribution in [0.2, 0.25) is 31.2 Å². The molecule has 0 saturated heterocycles. The summed E-state index contributed by atoms with van der Waals surface area (Å²) in [6.45, 7) is 9.66. The molecule has 0 saturated carbocycles. The molecule has 0 unspecified atom stereocenters. The molecule has 96 valence electrons. The summed E-state index contributed by atoms with van der Waals surface area (Å²) in [5.74, 6) is 5.13. The quantitative estimate of drug-likeness (QED) is 0.689. The van der Waals surface area contributed by atoms with Crippen molar-refractivity contribution in [2.24, 2.45) is 0 Å². The normalized spacial score (nSPS) is 16.8. The van der Waals surface area contributed by atoms with Crippen LogP contribution in [-0.2, 0) is 0 Å². The predicted octanol–water partition coefficient (Wildman–Crippen LogP) is 3.47. The molecule has 3 rings (SSSR count). The minimum atomic E-state index is -1.93. The van der Waals surface area contributed by atoms with E-state index in [1.165, 1.54) is 4.88 Å². The molecule has 18 heavy (non-hydrogen) atoms. The predicted molar refractivity (Wildman–Crippen MR) is 92.1 cm³/mol. The number of hydrogen-bond donors (Lipinski definition) is 0. The molecule has 0 radical (unpaired) electrons. The standard InChI is InChI=1S/C14H20GeS2Si/c1-9-7-10-13(16-9)14-11(15(10,2)3)8-12(17-14)18(4,5)6/h7-8H,1-6H3. The molecule has 0 bridgehead atoms. The summed E-state index contributed by atoms with van der Waals surface area (Å²) in [7, 11) is -1.15. The summed E-state index contributed by atoms with van der Waals surface area (Å²) in [6.07, 6.45) is 0. The molecule has 3 heterocycles. The molecule has 2 aromatic heterocycles. The Labute approximate surface area is 121 Å². The molecular weight excluding hydrogens is 333 g/mol. The van der Waals surface area contributed by atoms with E-state index in [0.717, 1.165) is 0 Å². The van der Waals surface area contributed by atoms with E-state index >= 15 is 0 Å². The van der Waals surface area contributed by atoms with Gasteiger partial charge in [0.05, 0.1) is 0 Å². The summed E-state index contributed by atoms with van der Waals surface area (Å²) in [5.41, 5.74) is 0. The first kappa shape index (κ1) is 13.2. The third-order valence-electron chi connectivity index (χ3n) is 3.88. The van der Waals surface area contributed by atoms with Gasteiger partial charge >= 0.3 is 122 Å². The van der Waals surface area contributed by atoms with Crippen molar-refractivity contribution in [2.45, 2.75) is 38.1 Å². The van der Waals surface area contributed by atoms with Gasteiger partial charge in [-0.2, -0.15) is 0 Å². The van der Waals surface area contributed by atoms with Gasteiger partial charge in [-0.05, 0) is 0 Å². The van der Waals surface area contributed by atoms with Crippen molar-refractivity contribution in [1.82, 2.24) is 0 Å². The maximum absolute atomic E-state index is 2.59. The van der Waals surface area contributed by atoms with Gasteiger partial charge in [0.1, 0.15) is 0 Å². The van der Waals surface area contributed by atoms with Crippen molar-refractivity contribution in [3.05, 3.63) is 17.0 Å². The second kappa shape index (κ2) is 3.84. The van der Waals surface area contributed by atoms with Crippen LogP contribution in [0.25, 0.3) is 9.75 Å². The van der Waals surface area contributed by atoms with E-state index in [-0.39, 0.29) is 0 Å². The number of rotatable bonds is 1. The molecule has 1 aliphatic rings. The Morgan fingerprint density at radius 1 is 0.944 bits per heavy atom. The third kappa shape index (κ3) is 1.74. The summed E-state index contributed by atoms with van der Waals surface area (Å²) in [5, 5.41) is 0. The molecular formula is C14H20GeS2Si. The number of aryl methyl sites for hydroxylation is 1. The number of hydrogen-bond acceptors (Lipinski definition) is 2. The van der Waals surface area contributed by atoms with E-state index in [0.29, 0.717) is 0 Å². The van der Waals surface area contributed by atoms with Gasteiger partial charge < -0.3 is 0 Å². The van der Waals surface area contributed by atoms with Gasteiger partial charge in [0, 0.05) is 0 Å². The Balaban J connectivity index is 2.26. The fourth-order valence-electron chi connectivity index (χ4n) is 2.69. The van der Waals surface area contributed by atoms with E-state index in [4.69, 9.17) is 0 Å². The van der Waals surface area contributed by atoms with Crippen molar-refractivity contribution in [3.8, 4) is 9.75 Å². The van der Waals surface area contributed by atoms with Crippen LogP contribution in [0.4, 0.5) is 0 Å². The first-order valence-electron chi connectivity index (χ1n) is 6.47. The van der Waals surface area contributed by atoms with Gasteiger partial charge in [-0.3, -0.25) is 0 Å². The zero-order valence-electron chi connectivity index (χ0n) is 12.0.